The number of thioether (sulfide) groups is 1. The Morgan fingerprint density at radius 1 is 1.32 bits per heavy atom. The molecular weight excluding hydrogens is 254 g/mol. The van der Waals surface area contributed by atoms with Crippen LogP contribution in [0.15, 0.2) is 30.6 Å². The number of fused-ring (bicyclic) bond motifs is 1. The molecule has 100 valence electrons. The Kier molecular flexibility index (Phi) is 3.05. The molecule has 0 bridgehead atoms. The van der Waals surface area contributed by atoms with Crippen molar-refractivity contribution in [3.63, 3.8) is 0 Å². The van der Waals surface area contributed by atoms with Crippen molar-refractivity contribution in [2.75, 3.05) is 29.5 Å². The fourth-order valence-electron chi connectivity index (χ4n) is 2.68. The van der Waals surface area contributed by atoms with Gasteiger partial charge >= 0.3 is 0 Å². The monoisotopic (exact) mass is 273 g/mol. The van der Waals surface area contributed by atoms with Crippen molar-refractivity contribution in [1.82, 2.24) is 4.98 Å². The number of hydrogen-bond donors (Lipinski definition) is 1. The van der Waals surface area contributed by atoms with Gasteiger partial charge in [0, 0.05) is 46.8 Å². The molecule has 3 nitrogen and oxygen atoms in total. The largest absolute Gasteiger partial charge is 0.397 e. The molecule has 0 atom stereocenters. The molecule has 1 saturated heterocycles. The van der Waals surface area contributed by atoms with E-state index >= 15 is 0 Å². The van der Waals surface area contributed by atoms with Crippen molar-refractivity contribution in [1.29, 1.82) is 0 Å². The minimum atomic E-state index is 0.290. The van der Waals surface area contributed by atoms with Crippen LogP contribution in [0.5, 0.6) is 0 Å². The molecular formula is C15H19N3S. The second-order valence-corrected chi connectivity index (χ2v) is 7.43. The maximum atomic E-state index is 6.36. The van der Waals surface area contributed by atoms with E-state index in [1.165, 1.54) is 0 Å². The van der Waals surface area contributed by atoms with Crippen molar-refractivity contribution < 1.29 is 0 Å². The van der Waals surface area contributed by atoms with Gasteiger partial charge in [0.05, 0.1) is 11.4 Å². The van der Waals surface area contributed by atoms with Crippen LogP contribution in [0.25, 0.3) is 10.8 Å². The number of rotatable bonds is 1. The number of nitrogens with zero attached hydrogens (tertiary/aromatic N) is 2. The summed E-state index contributed by atoms with van der Waals surface area (Å²) < 4.78 is 0.290. The smallest absolute Gasteiger partial charge is 0.0632 e. The van der Waals surface area contributed by atoms with Crippen LogP contribution >= 0.6 is 11.8 Å². The topological polar surface area (TPSA) is 42.2 Å². The Labute approximate surface area is 118 Å². The summed E-state index contributed by atoms with van der Waals surface area (Å²) in [5.74, 6) is 1.15. The molecule has 2 N–H and O–H groups in total. The third kappa shape index (κ3) is 2.37. The number of anilines is 2. The highest BCUT2D eigenvalue weighted by Gasteiger charge is 2.28. The van der Waals surface area contributed by atoms with E-state index < -0.39 is 0 Å². The van der Waals surface area contributed by atoms with Crippen molar-refractivity contribution in [2.24, 2.45) is 0 Å². The average molecular weight is 273 g/mol. The molecule has 2 heterocycles. The summed E-state index contributed by atoms with van der Waals surface area (Å²) in [4.78, 5) is 6.56. The van der Waals surface area contributed by atoms with Gasteiger partial charge in [-0.1, -0.05) is 6.07 Å². The maximum absolute atomic E-state index is 6.36. The van der Waals surface area contributed by atoms with Crippen molar-refractivity contribution >= 4 is 33.9 Å². The van der Waals surface area contributed by atoms with Crippen LogP contribution in [-0.4, -0.2) is 28.6 Å². The zero-order valence-electron chi connectivity index (χ0n) is 11.4. The van der Waals surface area contributed by atoms with Gasteiger partial charge in [-0.2, -0.15) is 11.8 Å². The molecule has 0 unspecified atom stereocenters. The standard InChI is InChI=1S/C15H19N3S/c1-15(2)10-18(7-8-19-15)13-4-3-11-9-17-6-5-12(11)14(13)16/h3-6,9H,7-8,10,16H2,1-2H3. The molecule has 1 aromatic carbocycles. The lowest BCUT2D eigenvalue weighted by molar-refractivity contribution is 0.648. The summed E-state index contributed by atoms with van der Waals surface area (Å²) in [6.45, 7) is 6.70. The normalized spacial score (nSPS) is 18.7. The van der Waals surface area contributed by atoms with Crippen LogP contribution < -0.4 is 10.6 Å². The van der Waals surface area contributed by atoms with E-state index in [1.807, 2.05) is 24.0 Å². The predicted molar refractivity (Wildman–Crippen MR) is 84.9 cm³/mol. The highest BCUT2D eigenvalue weighted by Crippen LogP contribution is 2.36. The van der Waals surface area contributed by atoms with Gasteiger partial charge in [-0.3, -0.25) is 4.98 Å². The van der Waals surface area contributed by atoms with Gasteiger partial charge in [-0.05, 0) is 26.0 Å². The van der Waals surface area contributed by atoms with Crippen LogP contribution in [0.1, 0.15) is 13.8 Å². The van der Waals surface area contributed by atoms with E-state index in [-0.39, 0.29) is 4.75 Å². The summed E-state index contributed by atoms with van der Waals surface area (Å²) in [5, 5.41) is 2.21. The first-order valence-electron chi connectivity index (χ1n) is 6.58. The Hall–Kier alpha value is -1.42. The third-order valence-corrected chi connectivity index (χ3v) is 4.90. The first kappa shape index (κ1) is 12.6. The van der Waals surface area contributed by atoms with Crippen LogP contribution in [0.3, 0.4) is 0 Å². The zero-order valence-corrected chi connectivity index (χ0v) is 12.2. The lowest BCUT2D eigenvalue weighted by atomic mass is 10.1. The molecule has 2 aromatic rings. The van der Waals surface area contributed by atoms with Gasteiger partial charge in [0.2, 0.25) is 0 Å². The van der Waals surface area contributed by atoms with Crippen molar-refractivity contribution in [3.8, 4) is 0 Å². The second-order valence-electron chi connectivity index (χ2n) is 5.62. The Bertz CT molecular complexity index is 609. The fraction of sp³-hybridized carbons (Fsp3) is 0.400. The van der Waals surface area contributed by atoms with E-state index in [0.717, 1.165) is 41.0 Å². The van der Waals surface area contributed by atoms with Crippen LogP contribution in [0, 0.1) is 0 Å². The molecule has 4 heteroatoms. The van der Waals surface area contributed by atoms with Crippen LogP contribution in [-0.2, 0) is 0 Å². The highest BCUT2D eigenvalue weighted by molar-refractivity contribution is 8.00. The van der Waals surface area contributed by atoms with Crippen LogP contribution in [0.2, 0.25) is 0 Å². The molecule has 0 radical (unpaired) electrons. The Morgan fingerprint density at radius 2 is 2.16 bits per heavy atom. The lowest BCUT2D eigenvalue weighted by Crippen LogP contribution is -2.43. The first-order valence-corrected chi connectivity index (χ1v) is 7.56. The van der Waals surface area contributed by atoms with Crippen LogP contribution in [0.4, 0.5) is 11.4 Å². The zero-order chi connectivity index (χ0) is 13.5. The summed E-state index contributed by atoms with van der Waals surface area (Å²) in [6.07, 6.45) is 3.67. The SMILES string of the molecule is CC1(C)CN(c2ccc3cnccc3c2N)CCS1. The van der Waals surface area contributed by atoms with Crippen molar-refractivity contribution in [3.05, 3.63) is 30.6 Å². The third-order valence-electron chi connectivity index (χ3n) is 3.61. The van der Waals surface area contributed by atoms with E-state index in [9.17, 15) is 0 Å². The molecule has 0 saturated carbocycles. The van der Waals surface area contributed by atoms with Gasteiger partial charge < -0.3 is 10.6 Å². The molecule has 1 aromatic heterocycles. The number of nitrogen functional groups attached to an aromatic ring is 1. The van der Waals surface area contributed by atoms with Gasteiger partial charge in [-0.25, -0.2) is 0 Å². The molecule has 1 aliphatic heterocycles. The summed E-state index contributed by atoms with van der Waals surface area (Å²) >= 11 is 2.04. The van der Waals surface area contributed by atoms with E-state index in [1.54, 1.807) is 6.20 Å². The average Bonchev–Trinajstić information content (AvgIpc) is 2.38. The van der Waals surface area contributed by atoms with Gasteiger partial charge in [0.25, 0.3) is 0 Å². The summed E-state index contributed by atoms with van der Waals surface area (Å²) in [5.41, 5.74) is 8.40. The maximum Gasteiger partial charge on any atom is 0.0632 e. The van der Waals surface area contributed by atoms with Gasteiger partial charge in [0.15, 0.2) is 0 Å². The second kappa shape index (κ2) is 4.60. The molecule has 0 amide bonds. The van der Waals surface area contributed by atoms with Gasteiger partial charge in [-0.15, -0.1) is 0 Å². The summed E-state index contributed by atoms with van der Waals surface area (Å²) in [6, 6.07) is 6.24. The van der Waals surface area contributed by atoms with E-state index in [0.29, 0.717) is 0 Å². The fourth-order valence-corrected chi connectivity index (χ4v) is 3.79. The minimum Gasteiger partial charge on any atom is -0.397 e. The Balaban J connectivity index is 2.03. The number of hydrogen-bond acceptors (Lipinski definition) is 4. The van der Waals surface area contributed by atoms with Crippen molar-refractivity contribution in [2.45, 2.75) is 18.6 Å². The van der Waals surface area contributed by atoms with E-state index in [2.05, 4.69) is 35.9 Å². The number of aromatic nitrogens is 1. The highest BCUT2D eigenvalue weighted by atomic mass is 32.2. The molecule has 1 fully saturated rings. The number of pyridine rings is 1. The molecule has 0 spiro atoms. The predicted octanol–water partition coefficient (Wildman–Crippen LogP) is 3.15. The number of benzene rings is 1. The molecule has 1 aliphatic rings. The molecule has 3 rings (SSSR count). The lowest BCUT2D eigenvalue weighted by Gasteiger charge is -2.39. The molecule has 19 heavy (non-hydrogen) atoms. The molecule has 0 aliphatic carbocycles. The quantitative estimate of drug-likeness (QED) is 0.811. The van der Waals surface area contributed by atoms with E-state index in [4.69, 9.17) is 5.73 Å². The van der Waals surface area contributed by atoms with Gasteiger partial charge in [0.1, 0.15) is 0 Å². The minimum absolute atomic E-state index is 0.290. The first-order chi connectivity index (χ1) is 9.07. The summed E-state index contributed by atoms with van der Waals surface area (Å²) in [7, 11) is 0. The Morgan fingerprint density at radius 3 is 2.95 bits per heavy atom. The number of nitrogens with two attached hydrogens (primary N) is 1.